The fraction of sp³-hybridized carbons (Fsp3) is 0.389. The fourth-order valence-corrected chi connectivity index (χ4v) is 4.32. The summed E-state index contributed by atoms with van der Waals surface area (Å²) >= 11 is 0. The molecule has 5 rings (SSSR count). The first-order chi connectivity index (χ1) is 12.1. The molecule has 3 fully saturated rings. The van der Waals surface area contributed by atoms with Crippen LogP contribution in [0.3, 0.4) is 0 Å². The van der Waals surface area contributed by atoms with Gasteiger partial charge in [0.15, 0.2) is 5.82 Å². The zero-order valence-corrected chi connectivity index (χ0v) is 13.3. The van der Waals surface area contributed by atoms with Crippen LogP contribution in [0, 0.1) is 17.7 Å². The number of benzene rings is 1. The maximum Gasteiger partial charge on any atom is 0.241 e. The van der Waals surface area contributed by atoms with Crippen LogP contribution < -0.4 is 4.90 Å². The van der Waals surface area contributed by atoms with E-state index >= 15 is 0 Å². The third-order valence-corrected chi connectivity index (χ3v) is 5.37. The minimum atomic E-state index is -0.361. The summed E-state index contributed by atoms with van der Waals surface area (Å²) in [6.07, 6.45) is 3.11. The lowest BCUT2D eigenvalue weighted by molar-refractivity contribution is -0.124. The summed E-state index contributed by atoms with van der Waals surface area (Å²) in [5.41, 5.74) is 0.761. The normalized spacial score (nSPS) is 30.4. The summed E-state index contributed by atoms with van der Waals surface area (Å²) in [6.45, 7) is 0.370. The summed E-state index contributed by atoms with van der Waals surface area (Å²) in [6, 6.07) is 7.91. The van der Waals surface area contributed by atoms with Crippen LogP contribution >= 0.6 is 0 Å². The number of ether oxygens (including phenoxy) is 1. The molecule has 2 amide bonds. The molecule has 0 saturated carbocycles. The average Bonchev–Trinajstić information content (AvgIpc) is 3.33. The summed E-state index contributed by atoms with van der Waals surface area (Å²) in [7, 11) is 0. The van der Waals surface area contributed by atoms with Gasteiger partial charge in [-0.25, -0.2) is 9.29 Å². The molecule has 3 saturated heterocycles. The first-order valence-corrected chi connectivity index (χ1v) is 8.43. The van der Waals surface area contributed by atoms with Crippen molar-refractivity contribution in [2.75, 3.05) is 4.90 Å². The van der Waals surface area contributed by atoms with Gasteiger partial charge in [0, 0.05) is 12.3 Å². The minimum Gasteiger partial charge on any atom is -0.373 e. The van der Waals surface area contributed by atoms with Gasteiger partial charge in [0.2, 0.25) is 11.8 Å². The molecule has 3 aliphatic heterocycles. The molecule has 128 valence electrons. The standard InChI is InChI=1S/C18H16FN3O3/c19-11-3-1-2-10(8-11)9-21-7-6-14(20-21)22-17(23)15-12-4-5-13(25-12)16(15)18(22)24/h1-3,6-8,12-13,15-16H,4-5,9H2/t12-,13-,15+,16+/m1/s1. The highest BCUT2D eigenvalue weighted by atomic mass is 19.1. The van der Waals surface area contributed by atoms with Gasteiger partial charge in [-0.3, -0.25) is 14.3 Å². The Balaban J connectivity index is 1.40. The van der Waals surface area contributed by atoms with Crippen LogP contribution in [0.5, 0.6) is 0 Å². The fourth-order valence-electron chi connectivity index (χ4n) is 4.32. The van der Waals surface area contributed by atoms with Crippen molar-refractivity contribution < 1.29 is 18.7 Å². The van der Waals surface area contributed by atoms with Crippen LogP contribution in [-0.4, -0.2) is 33.8 Å². The molecule has 2 bridgehead atoms. The van der Waals surface area contributed by atoms with Gasteiger partial charge in [0.1, 0.15) is 5.82 Å². The maximum atomic E-state index is 13.3. The molecule has 2 aromatic rings. The third-order valence-electron chi connectivity index (χ3n) is 5.37. The van der Waals surface area contributed by atoms with Crippen molar-refractivity contribution in [1.29, 1.82) is 0 Å². The van der Waals surface area contributed by atoms with Crippen LogP contribution in [0.15, 0.2) is 36.5 Å². The Morgan fingerprint density at radius 2 is 1.84 bits per heavy atom. The molecule has 0 radical (unpaired) electrons. The number of imide groups is 1. The molecule has 0 spiro atoms. The van der Waals surface area contributed by atoms with Crippen molar-refractivity contribution in [2.45, 2.75) is 31.6 Å². The van der Waals surface area contributed by atoms with E-state index in [-0.39, 0.29) is 41.7 Å². The molecule has 0 unspecified atom stereocenters. The van der Waals surface area contributed by atoms with E-state index in [9.17, 15) is 14.0 Å². The third kappa shape index (κ3) is 2.15. The van der Waals surface area contributed by atoms with E-state index in [4.69, 9.17) is 4.74 Å². The Kier molecular flexibility index (Phi) is 3.09. The molecular formula is C18H16FN3O3. The lowest BCUT2D eigenvalue weighted by Gasteiger charge is -2.15. The van der Waals surface area contributed by atoms with E-state index in [2.05, 4.69) is 5.10 Å². The number of amides is 2. The maximum absolute atomic E-state index is 13.3. The smallest absolute Gasteiger partial charge is 0.241 e. The zero-order chi connectivity index (χ0) is 17.1. The van der Waals surface area contributed by atoms with Crippen LogP contribution in [-0.2, 0) is 20.9 Å². The minimum absolute atomic E-state index is 0.133. The predicted octanol–water partition coefficient (Wildman–Crippen LogP) is 1.74. The Morgan fingerprint density at radius 3 is 2.52 bits per heavy atom. The van der Waals surface area contributed by atoms with Gasteiger partial charge in [0.25, 0.3) is 0 Å². The van der Waals surface area contributed by atoms with E-state index < -0.39 is 0 Å². The van der Waals surface area contributed by atoms with Crippen molar-refractivity contribution in [3.8, 4) is 0 Å². The largest absolute Gasteiger partial charge is 0.373 e. The number of nitrogens with zero attached hydrogens (tertiary/aromatic N) is 3. The predicted molar refractivity (Wildman–Crippen MR) is 85.1 cm³/mol. The van der Waals surface area contributed by atoms with E-state index in [0.717, 1.165) is 18.4 Å². The number of rotatable bonds is 3. The number of carbonyl (C=O) groups excluding carboxylic acids is 2. The topological polar surface area (TPSA) is 64.4 Å². The molecule has 6 nitrogen and oxygen atoms in total. The van der Waals surface area contributed by atoms with E-state index in [1.807, 2.05) is 0 Å². The van der Waals surface area contributed by atoms with Gasteiger partial charge in [-0.2, -0.15) is 5.10 Å². The number of carbonyl (C=O) groups is 2. The van der Waals surface area contributed by atoms with Gasteiger partial charge in [-0.15, -0.1) is 0 Å². The van der Waals surface area contributed by atoms with Crippen molar-refractivity contribution >= 4 is 17.6 Å². The van der Waals surface area contributed by atoms with Crippen LogP contribution in [0.2, 0.25) is 0 Å². The molecule has 1 aromatic carbocycles. The van der Waals surface area contributed by atoms with Gasteiger partial charge < -0.3 is 4.74 Å². The summed E-state index contributed by atoms with van der Waals surface area (Å²) in [5, 5.41) is 4.35. The molecule has 4 atom stereocenters. The molecule has 1 aromatic heterocycles. The highest BCUT2D eigenvalue weighted by molar-refractivity contribution is 6.22. The van der Waals surface area contributed by atoms with Crippen LogP contribution in [0.4, 0.5) is 10.2 Å². The van der Waals surface area contributed by atoms with Crippen LogP contribution in [0.1, 0.15) is 18.4 Å². The Labute approximate surface area is 143 Å². The van der Waals surface area contributed by atoms with E-state index in [1.54, 1.807) is 29.1 Å². The first-order valence-electron chi connectivity index (χ1n) is 8.43. The van der Waals surface area contributed by atoms with Gasteiger partial charge in [-0.1, -0.05) is 12.1 Å². The Bertz CT molecular complexity index is 852. The quantitative estimate of drug-likeness (QED) is 0.798. The lowest BCUT2D eigenvalue weighted by atomic mass is 9.81. The van der Waals surface area contributed by atoms with E-state index in [0.29, 0.717) is 12.4 Å². The molecular weight excluding hydrogens is 325 g/mol. The molecule has 0 aliphatic carbocycles. The summed E-state index contributed by atoms with van der Waals surface area (Å²) < 4.78 is 20.6. The van der Waals surface area contributed by atoms with Crippen molar-refractivity contribution in [2.24, 2.45) is 11.8 Å². The second kappa shape index (κ2) is 5.23. The van der Waals surface area contributed by atoms with Gasteiger partial charge in [0.05, 0.1) is 30.6 Å². The van der Waals surface area contributed by atoms with Crippen LogP contribution in [0.25, 0.3) is 0 Å². The number of hydrogen-bond donors (Lipinski definition) is 0. The molecule has 0 N–H and O–H groups in total. The second-order valence-corrected chi connectivity index (χ2v) is 6.86. The number of fused-ring (bicyclic) bond motifs is 5. The van der Waals surface area contributed by atoms with Crippen molar-refractivity contribution in [1.82, 2.24) is 9.78 Å². The average molecular weight is 341 g/mol. The van der Waals surface area contributed by atoms with E-state index in [1.165, 1.54) is 17.0 Å². The molecule has 3 aliphatic rings. The number of hydrogen-bond acceptors (Lipinski definition) is 4. The monoisotopic (exact) mass is 341 g/mol. The molecule has 7 heteroatoms. The number of aromatic nitrogens is 2. The highest BCUT2D eigenvalue weighted by Gasteiger charge is 2.63. The Hall–Kier alpha value is -2.54. The summed E-state index contributed by atoms with van der Waals surface area (Å²) in [4.78, 5) is 26.7. The lowest BCUT2D eigenvalue weighted by Crippen LogP contribution is -2.34. The first kappa shape index (κ1) is 14.8. The van der Waals surface area contributed by atoms with Gasteiger partial charge >= 0.3 is 0 Å². The van der Waals surface area contributed by atoms with Crippen molar-refractivity contribution in [3.63, 3.8) is 0 Å². The Morgan fingerprint density at radius 1 is 1.12 bits per heavy atom. The number of halogens is 1. The molecule has 25 heavy (non-hydrogen) atoms. The van der Waals surface area contributed by atoms with Crippen molar-refractivity contribution in [3.05, 3.63) is 47.9 Å². The van der Waals surface area contributed by atoms with Gasteiger partial charge in [-0.05, 0) is 30.5 Å². The summed E-state index contributed by atoms with van der Waals surface area (Å²) in [5.74, 6) is -1.12. The second-order valence-electron chi connectivity index (χ2n) is 6.86. The highest BCUT2D eigenvalue weighted by Crippen LogP contribution is 2.49. The molecule has 4 heterocycles. The SMILES string of the molecule is O=C1[C@@H]2[C@@H](C(=O)N1c1ccn(Cc3cccc(F)c3)n1)[C@H]1CC[C@H]2O1. The zero-order valence-electron chi connectivity index (χ0n) is 13.3. The number of anilines is 1.